The molecule has 2 aromatic rings. The average Bonchev–Trinajstić information content (AvgIpc) is 2.99. The van der Waals surface area contributed by atoms with Crippen molar-refractivity contribution in [2.75, 3.05) is 19.0 Å². The van der Waals surface area contributed by atoms with E-state index in [-0.39, 0.29) is 29.9 Å². The number of fused-ring (bicyclic) bond motifs is 1. The number of hydrogen-bond acceptors (Lipinski definition) is 5. The monoisotopic (exact) mass is 357 g/mol. The standard InChI is InChI=1S/C19H20FN3O3/c1-11-8-15(19-16(24)7-6-14(20)18(11)19)22-23-17(25)10-21-12-4-3-5-13(9-12)26-2/h3-7,9,11,21,24H,8,10H2,1-2H3,(H,23,25)/b22-15+/t11-/m0/s1. The first-order valence-electron chi connectivity index (χ1n) is 8.24. The lowest BCUT2D eigenvalue weighted by molar-refractivity contribution is -0.119. The molecule has 0 radical (unpaired) electrons. The summed E-state index contributed by atoms with van der Waals surface area (Å²) in [5.41, 5.74) is 4.48. The Morgan fingerprint density at radius 1 is 1.38 bits per heavy atom. The van der Waals surface area contributed by atoms with Gasteiger partial charge in [0.1, 0.15) is 17.3 Å². The fourth-order valence-corrected chi connectivity index (χ4v) is 3.05. The van der Waals surface area contributed by atoms with E-state index in [4.69, 9.17) is 4.74 Å². The van der Waals surface area contributed by atoms with Crippen molar-refractivity contribution in [2.45, 2.75) is 19.3 Å². The van der Waals surface area contributed by atoms with Crippen LogP contribution in [-0.4, -0.2) is 30.4 Å². The normalized spacial score (nSPS) is 17.0. The lowest BCUT2D eigenvalue weighted by atomic mass is 10.0. The highest BCUT2D eigenvalue weighted by Crippen LogP contribution is 2.39. The summed E-state index contributed by atoms with van der Waals surface area (Å²) >= 11 is 0. The van der Waals surface area contributed by atoms with Crippen LogP contribution in [0.4, 0.5) is 10.1 Å². The zero-order valence-corrected chi connectivity index (χ0v) is 14.5. The molecule has 0 aromatic heterocycles. The summed E-state index contributed by atoms with van der Waals surface area (Å²) in [5, 5.41) is 17.1. The van der Waals surface area contributed by atoms with Crippen molar-refractivity contribution in [3.8, 4) is 11.5 Å². The second-order valence-corrected chi connectivity index (χ2v) is 6.14. The number of hydrogen-bond donors (Lipinski definition) is 3. The number of carbonyl (C=O) groups is 1. The van der Waals surface area contributed by atoms with Gasteiger partial charge in [0, 0.05) is 22.9 Å². The topological polar surface area (TPSA) is 83.0 Å². The highest BCUT2D eigenvalue weighted by Gasteiger charge is 2.30. The van der Waals surface area contributed by atoms with Gasteiger partial charge in [-0.3, -0.25) is 4.79 Å². The minimum atomic E-state index is -0.374. The van der Waals surface area contributed by atoms with Crippen LogP contribution in [0, 0.1) is 5.82 Å². The van der Waals surface area contributed by atoms with E-state index < -0.39 is 0 Å². The van der Waals surface area contributed by atoms with E-state index in [2.05, 4.69) is 15.8 Å². The Morgan fingerprint density at radius 3 is 2.96 bits per heavy atom. The average molecular weight is 357 g/mol. The van der Waals surface area contributed by atoms with E-state index in [9.17, 15) is 14.3 Å². The molecule has 0 saturated heterocycles. The first-order valence-corrected chi connectivity index (χ1v) is 8.24. The number of phenols is 1. The van der Waals surface area contributed by atoms with Crippen molar-refractivity contribution >= 4 is 17.3 Å². The maximum absolute atomic E-state index is 14.0. The number of methoxy groups -OCH3 is 1. The Balaban J connectivity index is 1.66. The molecule has 2 aromatic carbocycles. The molecule has 1 aliphatic rings. The number of phenolic OH excluding ortho intramolecular Hbond substituents is 1. The SMILES string of the molecule is COc1cccc(NCC(=O)N/N=C2\C[C@H](C)c3c(F)ccc(O)c32)c1. The third-order valence-electron chi connectivity index (χ3n) is 4.29. The maximum atomic E-state index is 14.0. The van der Waals surface area contributed by atoms with Crippen LogP contribution in [0.3, 0.4) is 0 Å². The number of benzene rings is 2. The van der Waals surface area contributed by atoms with Crippen LogP contribution in [0.1, 0.15) is 30.4 Å². The molecule has 0 bridgehead atoms. The van der Waals surface area contributed by atoms with Gasteiger partial charge in [-0.15, -0.1) is 0 Å². The van der Waals surface area contributed by atoms with Crippen LogP contribution < -0.4 is 15.5 Å². The Kier molecular flexibility index (Phi) is 5.06. The van der Waals surface area contributed by atoms with Crippen molar-refractivity contribution in [3.63, 3.8) is 0 Å². The molecule has 26 heavy (non-hydrogen) atoms. The predicted octanol–water partition coefficient (Wildman–Crippen LogP) is 2.98. The molecule has 0 saturated carbocycles. The van der Waals surface area contributed by atoms with E-state index in [0.717, 1.165) is 5.69 Å². The van der Waals surface area contributed by atoms with Crippen LogP contribution in [0.15, 0.2) is 41.5 Å². The number of aromatic hydroxyl groups is 1. The molecule has 3 N–H and O–H groups in total. The largest absolute Gasteiger partial charge is 0.507 e. The van der Waals surface area contributed by atoms with Crippen LogP contribution >= 0.6 is 0 Å². The molecule has 7 heteroatoms. The summed E-state index contributed by atoms with van der Waals surface area (Å²) in [6.07, 6.45) is 0.452. The summed E-state index contributed by atoms with van der Waals surface area (Å²) in [6.45, 7) is 1.87. The van der Waals surface area contributed by atoms with Crippen molar-refractivity contribution in [3.05, 3.63) is 53.3 Å². The fourth-order valence-electron chi connectivity index (χ4n) is 3.05. The van der Waals surface area contributed by atoms with Crippen molar-refractivity contribution in [1.29, 1.82) is 0 Å². The molecular formula is C19H20FN3O3. The summed E-state index contributed by atoms with van der Waals surface area (Å²) in [7, 11) is 1.57. The molecule has 1 amide bonds. The van der Waals surface area contributed by atoms with Gasteiger partial charge in [0.25, 0.3) is 5.91 Å². The van der Waals surface area contributed by atoms with Gasteiger partial charge in [-0.05, 0) is 36.6 Å². The molecular weight excluding hydrogens is 337 g/mol. The second kappa shape index (κ2) is 7.43. The first-order chi connectivity index (χ1) is 12.5. The molecule has 0 heterocycles. The van der Waals surface area contributed by atoms with Crippen LogP contribution in [-0.2, 0) is 4.79 Å². The van der Waals surface area contributed by atoms with Crippen molar-refractivity contribution < 1.29 is 19.0 Å². The Labute approximate surface area is 150 Å². The lowest BCUT2D eigenvalue weighted by Gasteiger charge is -2.08. The number of hydrazone groups is 1. The third kappa shape index (κ3) is 3.61. The van der Waals surface area contributed by atoms with Crippen LogP contribution in [0.5, 0.6) is 11.5 Å². The molecule has 1 aliphatic carbocycles. The van der Waals surface area contributed by atoms with Gasteiger partial charge in [0.2, 0.25) is 0 Å². The number of amides is 1. The van der Waals surface area contributed by atoms with E-state index in [1.807, 2.05) is 25.1 Å². The number of anilines is 1. The van der Waals surface area contributed by atoms with Crippen molar-refractivity contribution in [1.82, 2.24) is 5.43 Å². The summed E-state index contributed by atoms with van der Waals surface area (Å²) in [4.78, 5) is 12.0. The number of ether oxygens (including phenoxy) is 1. The summed E-state index contributed by atoms with van der Waals surface area (Å²) in [5.74, 6) is -0.181. The Bertz CT molecular complexity index is 867. The third-order valence-corrected chi connectivity index (χ3v) is 4.29. The van der Waals surface area contributed by atoms with Crippen LogP contribution in [0.2, 0.25) is 0 Å². The molecule has 3 rings (SSSR count). The summed E-state index contributed by atoms with van der Waals surface area (Å²) in [6, 6.07) is 9.75. The fraction of sp³-hybridized carbons (Fsp3) is 0.263. The van der Waals surface area contributed by atoms with E-state index in [0.29, 0.717) is 29.0 Å². The molecule has 0 unspecified atom stereocenters. The van der Waals surface area contributed by atoms with Gasteiger partial charge in [-0.2, -0.15) is 5.10 Å². The Morgan fingerprint density at radius 2 is 2.19 bits per heavy atom. The summed E-state index contributed by atoms with van der Waals surface area (Å²) < 4.78 is 19.1. The Hall–Kier alpha value is -3.09. The minimum Gasteiger partial charge on any atom is -0.507 e. The van der Waals surface area contributed by atoms with E-state index in [1.54, 1.807) is 13.2 Å². The smallest absolute Gasteiger partial charge is 0.259 e. The van der Waals surface area contributed by atoms with Gasteiger partial charge in [0.05, 0.1) is 19.4 Å². The molecule has 136 valence electrons. The minimum absolute atomic E-state index is 0.0154. The molecule has 0 spiro atoms. The zero-order valence-electron chi connectivity index (χ0n) is 14.5. The highest BCUT2D eigenvalue weighted by molar-refractivity contribution is 6.07. The molecule has 1 atom stereocenters. The lowest BCUT2D eigenvalue weighted by Crippen LogP contribution is -2.26. The highest BCUT2D eigenvalue weighted by atomic mass is 19.1. The maximum Gasteiger partial charge on any atom is 0.259 e. The second-order valence-electron chi connectivity index (χ2n) is 6.14. The number of rotatable bonds is 5. The number of nitrogens with one attached hydrogen (secondary N) is 2. The van der Waals surface area contributed by atoms with Crippen LogP contribution in [0.25, 0.3) is 0 Å². The molecule has 6 nitrogen and oxygen atoms in total. The predicted molar refractivity (Wildman–Crippen MR) is 97.3 cm³/mol. The van der Waals surface area contributed by atoms with Crippen molar-refractivity contribution in [2.24, 2.45) is 5.10 Å². The van der Waals surface area contributed by atoms with Gasteiger partial charge in [-0.25, -0.2) is 9.82 Å². The van der Waals surface area contributed by atoms with E-state index in [1.165, 1.54) is 12.1 Å². The number of halogens is 1. The molecule has 0 aliphatic heterocycles. The number of carbonyl (C=O) groups excluding carboxylic acids is 1. The van der Waals surface area contributed by atoms with Gasteiger partial charge in [0.15, 0.2) is 0 Å². The number of nitrogens with zero attached hydrogens (tertiary/aromatic N) is 1. The van der Waals surface area contributed by atoms with Gasteiger partial charge >= 0.3 is 0 Å². The quantitative estimate of drug-likeness (QED) is 0.719. The molecule has 0 fully saturated rings. The zero-order chi connectivity index (χ0) is 18.7. The van der Waals surface area contributed by atoms with Gasteiger partial charge < -0.3 is 15.2 Å². The van der Waals surface area contributed by atoms with E-state index >= 15 is 0 Å². The first kappa shape index (κ1) is 17.7. The van der Waals surface area contributed by atoms with Gasteiger partial charge in [-0.1, -0.05) is 13.0 Å².